The molecule has 2 heterocycles. The normalized spacial score (nSPS) is 15.5. The summed E-state index contributed by atoms with van der Waals surface area (Å²) in [5, 5.41) is 10.6. The third-order valence-corrected chi connectivity index (χ3v) is 4.86. The van der Waals surface area contributed by atoms with Crippen molar-refractivity contribution in [3.8, 4) is 5.75 Å². The molecule has 3 rings (SSSR count). The number of fused-ring (bicyclic) bond motifs is 1. The summed E-state index contributed by atoms with van der Waals surface area (Å²) in [6.45, 7) is 3.87. The number of hydrogen-bond acceptors (Lipinski definition) is 4. The summed E-state index contributed by atoms with van der Waals surface area (Å²) < 4.78 is 5.33. The first-order valence-corrected chi connectivity index (χ1v) is 8.58. The van der Waals surface area contributed by atoms with Crippen LogP contribution in [0, 0.1) is 0 Å². The summed E-state index contributed by atoms with van der Waals surface area (Å²) in [5.74, 6) is 0.462. The van der Waals surface area contributed by atoms with Crippen LogP contribution < -0.4 is 20.7 Å². The van der Waals surface area contributed by atoms with Gasteiger partial charge in [-0.2, -0.15) is 0 Å². The zero-order chi connectivity index (χ0) is 17.1. The molecule has 1 aromatic carbocycles. The van der Waals surface area contributed by atoms with E-state index < -0.39 is 0 Å². The third-order valence-electron chi connectivity index (χ3n) is 3.80. The molecule has 2 atom stereocenters. The van der Waals surface area contributed by atoms with Crippen molar-refractivity contribution in [2.75, 3.05) is 11.9 Å². The molecule has 0 bridgehead atoms. The number of benzene rings is 1. The van der Waals surface area contributed by atoms with Gasteiger partial charge in [0.15, 0.2) is 6.61 Å². The van der Waals surface area contributed by atoms with Gasteiger partial charge in [-0.1, -0.05) is 12.1 Å². The first-order valence-electron chi connectivity index (χ1n) is 7.70. The van der Waals surface area contributed by atoms with Gasteiger partial charge in [0.1, 0.15) is 5.75 Å². The molecule has 3 N–H and O–H groups in total. The van der Waals surface area contributed by atoms with Crippen LogP contribution in [0.4, 0.5) is 10.5 Å². The Morgan fingerprint density at radius 1 is 1.25 bits per heavy atom. The van der Waals surface area contributed by atoms with Gasteiger partial charge in [0.25, 0.3) is 5.91 Å². The number of amides is 3. The van der Waals surface area contributed by atoms with Crippen LogP contribution in [0.25, 0.3) is 0 Å². The molecule has 6 nitrogen and oxygen atoms in total. The molecule has 0 radical (unpaired) electrons. The summed E-state index contributed by atoms with van der Waals surface area (Å²) in [4.78, 5) is 24.7. The Hall–Kier alpha value is -2.54. The van der Waals surface area contributed by atoms with E-state index in [-0.39, 0.29) is 30.6 Å². The van der Waals surface area contributed by atoms with Gasteiger partial charge in [-0.05, 0) is 43.0 Å². The maximum absolute atomic E-state index is 12.2. The summed E-state index contributed by atoms with van der Waals surface area (Å²) in [7, 11) is 0. The minimum Gasteiger partial charge on any atom is -0.482 e. The fourth-order valence-corrected chi connectivity index (χ4v) is 3.23. The molecule has 3 amide bonds. The topological polar surface area (TPSA) is 79.5 Å². The van der Waals surface area contributed by atoms with Gasteiger partial charge < -0.3 is 20.7 Å². The zero-order valence-corrected chi connectivity index (χ0v) is 14.3. The van der Waals surface area contributed by atoms with E-state index in [1.54, 1.807) is 17.4 Å². The Morgan fingerprint density at radius 3 is 2.79 bits per heavy atom. The minimum absolute atomic E-state index is 0.0309. The van der Waals surface area contributed by atoms with E-state index in [0.717, 1.165) is 10.4 Å². The van der Waals surface area contributed by atoms with Crippen LogP contribution in [0.2, 0.25) is 0 Å². The van der Waals surface area contributed by atoms with Crippen molar-refractivity contribution in [3.05, 3.63) is 46.2 Å². The average molecular weight is 345 g/mol. The van der Waals surface area contributed by atoms with Crippen molar-refractivity contribution in [3.63, 3.8) is 0 Å². The van der Waals surface area contributed by atoms with Gasteiger partial charge in [-0.3, -0.25) is 4.79 Å². The Morgan fingerprint density at radius 2 is 2.04 bits per heavy atom. The average Bonchev–Trinajstić information content (AvgIpc) is 3.08. The summed E-state index contributed by atoms with van der Waals surface area (Å²) in [6, 6.07) is 8.96. The second-order valence-electron chi connectivity index (χ2n) is 5.67. The molecule has 0 spiro atoms. The molecule has 1 aliphatic heterocycles. The van der Waals surface area contributed by atoms with E-state index in [2.05, 4.69) is 16.0 Å². The maximum atomic E-state index is 12.2. The predicted octanol–water partition coefficient (Wildman–Crippen LogP) is 3.20. The SMILES string of the molecule is C[C@H](NC(=O)N[C@H](C)c1ccc2c(c1)NC(=O)CO2)c1cccs1. The standard InChI is InChI=1S/C17H19N3O3S/c1-10(18-17(22)19-11(2)15-4-3-7-24-15)12-5-6-14-13(8-12)20-16(21)9-23-14/h3-8,10-11H,9H2,1-2H3,(H,20,21)(H2,18,19,22)/t10-,11+/m1/s1. The van der Waals surface area contributed by atoms with Crippen LogP contribution >= 0.6 is 11.3 Å². The zero-order valence-electron chi connectivity index (χ0n) is 13.5. The lowest BCUT2D eigenvalue weighted by Gasteiger charge is -2.21. The lowest BCUT2D eigenvalue weighted by Crippen LogP contribution is -2.38. The molecule has 0 saturated heterocycles. The van der Waals surface area contributed by atoms with Crippen LogP contribution in [0.5, 0.6) is 5.75 Å². The van der Waals surface area contributed by atoms with Gasteiger partial charge >= 0.3 is 6.03 Å². The molecule has 1 aliphatic rings. The van der Waals surface area contributed by atoms with Crippen molar-refractivity contribution >= 4 is 29.0 Å². The molecule has 0 aliphatic carbocycles. The number of rotatable bonds is 4. The number of hydrogen-bond donors (Lipinski definition) is 3. The number of nitrogens with one attached hydrogen (secondary N) is 3. The van der Waals surface area contributed by atoms with E-state index in [0.29, 0.717) is 11.4 Å². The van der Waals surface area contributed by atoms with Gasteiger partial charge in [0, 0.05) is 4.88 Å². The van der Waals surface area contributed by atoms with E-state index in [4.69, 9.17) is 4.74 Å². The number of thiophene rings is 1. The van der Waals surface area contributed by atoms with E-state index >= 15 is 0 Å². The second-order valence-corrected chi connectivity index (χ2v) is 6.65. The first kappa shape index (κ1) is 16.3. The molecular formula is C17H19N3O3S. The van der Waals surface area contributed by atoms with E-state index in [1.807, 2.05) is 43.5 Å². The Labute approximate surface area is 144 Å². The molecule has 7 heteroatoms. The number of ether oxygens (including phenoxy) is 1. The number of carbonyl (C=O) groups excluding carboxylic acids is 2. The van der Waals surface area contributed by atoms with Crippen molar-refractivity contribution in [2.45, 2.75) is 25.9 Å². The van der Waals surface area contributed by atoms with Crippen LogP contribution in [0.1, 0.15) is 36.4 Å². The van der Waals surface area contributed by atoms with E-state index in [9.17, 15) is 9.59 Å². The van der Waals surface area contributed by atoms with Crippen LogP contribution in [-0.4, -0.2) is 18.5 Å². The molecule has 0 saturated carbocycles. The largest absolute Gasteiger partial charge is 0.482 e. The highest BCUT2D eigenvalue weighted by molar-refractivity contribution is 7.10. The molecular weight excluding hydrogens is 326 g/mol. The highest BCUT2D eigenvalue weighted by Gasteiger charge is 2.18. The van der Waals surface area contributed by atoms with Gasteiger partial charge in [-0.25, -0.2) is 4.79 Å². The van der Waals surface area contributed by atoms with Gasteiger partial charge in [-0.15, -0.1) is 11.3 Å². The molecule has 2 aromatic rings. The smallest absolute Gasteiger partial charge is 0.315 e. The molecule has 24 heavy (non-hydrogen) atoms. The first-order chi connectivity index (χ1) is 11.5. The Balaban J connectivity index is 1.62. The lowest BCUT2D eigenvalue weighted by molar-refractivity contribution is -0.118. The maximum Gasteiger partial charge on any atom is 0.315 e. The molecule has 0 unspecified atom stereocenters. The molecule has 0 fully saturated rings. The highest BCUT2D eigenvalue weighted by atomic mass is 32.1. The predicted molar refractivity (Wildman–Crippen MR) is 93.4 cm³/mol. The lowest BCUT2D eigenvalue weighted by atomic mass is 10.1. The fourth-order valence-electron chi connectivity index (χ4n) is 2.50. The fraction of sp³-hybridized carbons (Fsp3) is 0.294. The van der Waals surface area contributed by atoms with Crippen molar-refractivity contribution in [1.82, 2.24) is 10.6 Å². The summed E-state index contributed by atoms with van der Waals surface area (Å²) in [6.07, 6.45) is 0. The van der Waals surface area contributed by atoms with Crippen LogP contribution in [-0.2, 0) is 4.79 Å². The summed E-state index contributed by atoms with van der Waals surface area (Å²) in [5.41, 5.74) is 1.52. The monoisotopic (exact) mass is 345 g/mol. The highest BCUT2D eigenvalue weighted by Crippen LogP contribution is 2.30. The second kappa shape index (κ2) is 6.92. The van der Waals surface area contributed by atoms with Crippen molar-refractivity contribution in [1.29, 1.82) is 0 Å². The molecule has 126 valence electrons. The Kier molecular flexibility index (Phi) is 4.71. The Bertz CT molecular complexity index is 746. The number of anilines is 1. The van der Waals surface area contributed by atoms with Crippen LogP contribution in [0.3, 0.4) is 0 Å². The molecule has 1 aromatic heterocycles. The van der Waals surface area contributed by atoms with E-state index in [1.165, 1.54) is 0 Å². The minimum atomic E-state index is -0.235. The third kappa shape index (κ3) is 3.68. The number of carbonyl (C=O) groups is 2. The number of urea groups is 1. The quantitative estimate of drug-likeness (QED) is 0.796. The van der Waals surface area contributed by atoms with Crippen LogP contribution in [0.15, 0.2) is 35.7 Å². The van der Waals surface area contributed by atoms with Crippen molar-refractivity contribution in [2.24, 2.45) is 0 Å². The van der Waals surface area contributed by atoms with Crippen molar-refractivity contribution < 1.29 is 14.3 Å². The van der Waals surface area contributed by atoms with Gasteiger partial charge in [0.2, 0.25) is 0 Å². The van der Waals surface area contributed by atoms with Gasteiger partial charge in [0.05, 0.1) is 17.8 Å². The summed E-state index contributed by atoms with van der Waals surface area (Å²) >= 11 is 1.61.